The van der Waals surface area contributed by atoms with E-state index in [0.717, 1.165) is 24.1 Å². The van der Waals surface area contributed by atoms with Crippen LogP contribution in [0.3, 0.4) is 0 Å². The van der Waals surface area contributed by atoms with Crippen molar-refractivity contribution in [2.24, 2.45) is 5.41 Å². The van der Waals surface area contributed by atoms with Gasteiger partial charge in [-0.2, -0.15) is 0 Å². The van der Waals surface area contributed by atoms with E-state index in [-0.39, 0.29) is 5.60 Å². The molecule has 2 heterocycles. The van der Waals surface area contributed by atoms with Gasteiger partial charge in [-0.15, -0.1) is 0 Å². The Morgan fingerprint density at radius 1 is 1.46 bits per heavy atom. The number of hydrogen-bond donors (Lipinski definition) is 0. The SMILES string of the molecule is CC1(C)CC2(CCOC2CI)CO1. The van der Waals surface area contributed by atoms with E-state index in [1.54, 1.807) is 0 Å². The first-order valence-electron chi connectivity index (χ1n) is 4.90. The lowest BCUT2D eigenvalue weighted by atomic mass is 9.77. The number of halogens is 1. The molecule has 1 spiro atoms. The van der Waals surface area contributed by atoms with Crippen LogP contribution >= 0.6 is 22.6 Å². The van der Waals surface area contributed by atoms with E-state index in [0.29, 0.717) is 11.5 Å². The molecular formula is C10H17IO2. The van der Waals surface area contributed by atoms with Crippen LogP contribution in [0.5, 0.6) is 0 Å². The predicted molar refractivity (Wildman–Crippen MR) is 60.3 cm³/mol. The Morgan fingerprint density at radius 3 is 2.77 bits per heavy atom. The molecule has 2 aliphatic rings. The molecule has 0 aromatic rings. The van der Waals surface area contributed by atoms with Gasteiger partial charge in [-0.25, -0.2) is 0 Å². The fourth-order valence-corrected chi connectivity index (χ4v) is 3.80. The highest BCUT2D eigenvalue weighted by atomic mass is 127. The summed E-state index contributed by atoms with van der Waals surface area (Å²) in [6, 6.07) is 0. The van der Waals surface area contributed by atoms with Crippen LogP contribution in [0.25, 0.3) is 0 Å². The summed E-state index contributed by atoms with van der Waals surface area (Å²) in [7, 11) is 0. The van der Waals surface area contributed by atoms with Gasteiger partial charge in [-0.1, -0.05) is 22.6 Å². The van der Waals surface area contributed by atoms with Gasteiger partial charge >= 0.3 is 0 Å². The van der Waals surface area contributed by atoms with E-state index in [9.17, 15) is 0 Å². The van der Waals surface area contributed by atoms with Crippen LogP contribution in [0.4, 0.5) is 0 Å². The van der Waals surface area contributed by atoms with Gasteiger partial charge in [-0.05, 0) is 26.7 Å². The first-order chi connectivity index (χ1) is 6.08. The standard InChI is InChI=1S/C10H17IO2/c1-9(2)6-10(7-13-9)3-4-12-8(10)5-11/h8H,3-7H2,1-2H3. The normalized spacial score (nSPS) is 43.2. The van der Waals surface area contributed by atoms with Gasteiger partial charge in [0.1, 0.15) is 0 Å². The molecule has 2 unspecified atom stereocenters. The summed E-state index contributed by atoms with van der Waals surface area (Å²) < 4.78 is 12.7. The third-order valence-corrected chi connectivity index (χ3v) is 4.07. The summed E-state index contributed by atoms with van der Waals surface area (Å²) in [6.45, 7) is 6.19. The second-order valence-corrected chi connectivity index (χ2v) is 5.73. The minimum Gasteiger partial charge on any atom is -0.377 e. The number of ether oxygens (including phenoxy) is 2. The molecule has 0 saturated carbocycles. The van der Waals surface area contributed by atoms with E-state index < -0.39 is 0 Å². The van der Waals surface area contributed by atoms with Crippen LogP contribution < -0.4 is 0 Å². The largest absolute Gasteiger partial charge is 0.377 e. The number of alkyl halides is 1. The van der Waals surface area contributed by atoms with Gasteiger partial charge < -0.3 is 9.47 Å². The quantitative estimate of drug-likeness (QED) is 0.546. The lowest BCUT2D eigenvalue weighted by Crippen LogP contribution is -2.33. The van der Waals surface area contributed by atoms with Gasteiger partial charge in [0.05, 0.1) is 18.3 Å². The molecule has 2 fully saturated rings. The van der Waals surface area contributed by atoms with Gasteiger partial charge in [0.15, 0.2) is 0 Å². The Morgan fingerprint density at radius 2 is 2.23 bits per heavy atom. The second-order valence-electron chi connectivity index (χ2n) is 4.85. The van der Waals surface area contributed by atoms with Crippen molar-refractivity contribution < 1.29 is 9.47 Å². The molecule has 2 nitrogen and oxygen atoms in total. The lowest BCUT2D eigenvalue weighted by Gasteiger charge is -2.27. The molecule has 0 bridgehead atoms. The smallest absolute Gasteiger partial charge is 0.0744 e. The summed E-state index contributed by atoms with van der Waals surface area (Å²) in [6.07, 6.45) is 2.77. The minimum absolute atomic E-state index is 0.0672. The molecule has 0 aliphatic carbocycles. The van der Waals surface area contributed by atoms with Crippen molar-refractivity contribution in [3.05, 3.63) is 0 Å². The van der Waals surface area contributed by atoms with Crippen LogP contribution in [0.15, 0.2) is 0 Å². The maximum atomic E-state index is 5.83. The Labute approximate surface area is 93.5 Å². The highest BCUT2D eigenvalue weighted by molar-refractivity contribution is 14.1. The fraction of sp³-hybridized carbons (Fsp3) is 1.00. The van der Waals surface area contributed by atoms with Crippen LogP contribution in [-0.4, -0.2) is 29.3 Å². The first kappa shape index (κ1) is 10.2. The van der Waals surface area contributed by atoms with Gasteiger partial charge in [-0.3, -0.25) is 0 Å². The summed E-state index contributed by atoms with van der Waals surface area (Å²) in [5.41, 5.74) is 0.405. The monoisotopic (exact) mass is 296 g/mol. The fourth-order valence-electron chi connectivity index (χ4n) is 2.61. The van der Waals surface area contributed by atoms with Crippen LogP contribution in [-0.2, 0) is 9.47 Å². The Hall–Kier alpha value is 0.650. The molecule has 0 radical (unpaired) electrons. The number of rotatable bonds is 1. The van der Waals surface area contributed by atoms with Crippen LogP contribution in [0.2, 0.25) is 0 Å². The topological polar surface area (TPSA) is 18.5 Å². The molecule has 13 heavy (non-hydrogen) atoms. The summed E-state index contributed by atoms with van der Waals surface area (Å²) in [5.74, 6) is 0. The molecule has 2 atom stereocenters. The molecule has 3 heteroatoms. The van der Waals surface area contributed by atoms with Crippen LogP contribution in [0.1, 0.15) is 26.7 Å². The van der Waals surface area contributed by atoms with Crippen molar-refractivity contribution in [3.63, 3.8) is 0 Å². The zero-order chi connectivity index (χ0) is 9.53. The highest BCUT2D eigenvalue weighted by Crippen LogP contribution is 2.48. The van der Waals surface area contributed by atoms with Gasteiger partial charge in [0.25, 0.3) is 0 Å². The Bertz CT molecular complexity index is 205. The average molecular weight is 296 g/mol. The van der Waals surface area contributed by atoms with Crippen molar-refractivity contribution in [3.8, 4) is 0 Å². The third-order valence-electron chi connectivity index (χ3n) is 3.27. The van der Waals surface area contributed by atoms with Crippen molar-refractivity contribution >= 4 is 22.6 Å². The van der Waals surface area contributed by atoms with Gasteiger partial charge in [0.2, 0.25) is 0 Å². The van der Waals surface area contributed by atoms with Crippen molar-refractivity contribution in [1.82, 2.24) is 0 Å². The third kappa shape index (κ3) is 1.75. The molecular weight excluding hydrogens is 279 g/mol. The maximum absolute atomic E-state index is 5.83. The molecule has 76 valence electrons. The van der Waals surface area contributed by atoms with E-state index in [4.69, 9.17) is 9.47 Å². The molecule has 0 aromatic carbocycles. The van der Waals surface area contributed by atoms with Crippen molar-refractivity contribution in [2.45, 2.75) is 38.4 Å². The Kier molecular flexibility index (Phi) is 2.62. The summed E-state index contributed by atoms with van der Waals surface area (Å²) in [5, 5.41) is 0. The minimum atomic E-state index is 0.0672. The highest BCUT2D eigenvalue weighted by Gasteiger charge is 2.52. The van der Waals surface area contributed by atoms with Crippen LogP contribution in [0, 0.1) is 5.41 Å². The van der Waals surface area contributed by atoms with Gasteiger partial charge in [0, 0.05) is 16.4 Å². The second kappa shape index (κ2) is 3.35. The molecule has 0 aromatic heterocycles. The summed E-state index contributed by atoms with van der Waals surface area (Å²) >= 11 is 2.42. The van der Waals surface area contributed by atoms with E-state index in [2.05, 4.69) is 36.4 Å². The molecule has 2 rings (SSSR count). The zero-order valence-electron chi connectivity index (χ0n) is 8.31. The maximum Gasteiger partial charge on any atom is 0.0744 e. The van der Waals surface area contributed by atoms with Crippen molar-refractivity contribution in [1.29, 1.82) is 0 Å². The number of hydrogen-bond acceptors (Lipinski definition) is 2. The molecule has 0 amide bonds. The molecule has 0 N–H and O–H groups in total. The van der Waals surface area contributed by atoms with E-state index in [1.165, 1.54) is 6.42 Å². The first-order valence-corrected chi connectivity index (χ1v) is 6.42. The lowest BCUT2D eigenvalue weighted by molar-refractivity contribution is 0.0230. The molecule has 2 aliphatic heterocycles. The van der Waals surface area contributed by atoms with E-state index in [1.807, 2.05) is 0 Å². The average Bonchev–Trinajstić information content (AvgIpc) is 2.57. The van der Waals surface area contributed by atoms with Crippen molar-refractivity contribution in [2.75, 3.05) is 17.6 Å². The predicted octanol–water partition coefficient (Wildman–Crippen LogP) is 2.40. The Balaban J connectivity index is 2.13. The molecule has 2 saturated heterocycles. The summed E-state index contributed by atoms with van der Waals surface area (Å²) in [4.78, 5) is 0. The van der Waals surface area contributed by atoms with E-state index >= 15 is 0 Å². The zero-order valence-corrected chi connectivity index (χ0v) is 10.5.